The highest BCUT2D eigenvalue weighted by Crippen LogP contribution is 2.42. The van der Waals surface area contributed by atoms with Gasteiger partial charge in [-0.1, -0.05) is 115 Å². The molecule has 6 heteroatoms. The number of ketones is 1. The summed E-state index contributed by atoms with van der Waals surface area (Å²) in [6, 6.07) is 46.8. The number of H-pyrrole nitrogens is 2. The quantitative estimate of drug-likeness (QED) is 0.165. The van der Waals surface area contributed by atoms with E-state index in [4.69, 9.17) is 15.7 Å². The van der Waals surface area contributed by atoms with Crippen LogP contribution in [0.25, 0.3) is 89.3 Å². The van der Waals surface area contributed by atoms with Crippen LogP contribution in [0.5, 0.6) is 0 Å². The standard InChI is InChI=1S/C45H29N5O/c46-42-30-19-11-10-18-29(30)40-36-25-23-34(49-36)38(27-14-6-2-7-15-27)32-21-20-31(47-32)37(26-12-4-1-5-13-26)33-22-24-35(48-33)39(28-16-8-3-9-17-28)44-45(51)41(42)43(40)50-44/h1-25,48-49H,46H2. The SMILES string of the molecule is Nc1c2c3nc(c(-c4ccccc4)c4ccc([nH]4)c(-c4ccccc4)c4nc(c(-c5ccccc5)c5ccc([nH]5)c3c3ccccc13)C=C4)C2=O. The largest absolute Gasteiger partial charge is 0.398 e. The highest BCUT2D eigenvalue weighted by atomic mass is 16.1. The zero-order valence-corrected chi connectivity index (χ0v) is 27.3. The first kappa shape index (κ1) is 28.9. The van der Waals surface area contributed by atoms with Crippen LogP contribution in [-0.2, 0) is 0 Å². The van der Waals surface area contributed by atoms with Gasteiger partial charge in [0.15, 0.2) is 0 Å². The van der Waals surface area contributed by atoms with Crippen LogP contribution in [0.1, 0.15) is 27.4 Å². The number of fused-ring (bicyclic) bond motifs is 10. The van der Waals surface area contributed by atoms with Crippen LogP contribution in [0.2, 0.25) is 0 Å². The molecule has 2 aliphatic rings. The predicted molar refractivity (Wildman–Crippen MR) is 209 cm³/mol. The van der Waals surface area contributed by atoms with Crippen LogP contribution in [0.15, 0.2) is 140 Å². The summed E-state index contributed by atoms with van der Waals surface area (Å²) in [6.45, 7) is 0. The lowest BCUT2D eigenvalue weighted by molar-refractivity contribution is 0.104. The highest BCUT2D eigenvalue weighted by molar-refractivity contribution is 6.32. The number of hydrogen-bond acceptors (Lipinski definition) is 4. The molecule has 2 aliphatic heterocycles. The molecule has 10 rings (SSSR count). The van der Waals surface area contributed by atoms with Gasteiger partial charge in [-0.3, -0.25) is 4.79 Å². The summed E-state index contributed by atoms with van der Waals surface area (Å²) in [5.74, 6) is -0.202. The predicted octanol–water partition coefficient (Wildman–Crippen LogP) is 10.6. The number of rotatable bonds is 3. The summed E-state index contributed by atoms with van der Waals surface area (Å²) in [5, 5.41) is 2.56. The molecule has 0 fully saturated rings. The minimum absolute atomic E-state index is 0.202. The molecule has 0 amide bonds. The van der Waals surface area contributed by atoms with E-state index in [9.17, 15) is 4.79 Å². The molecule has 0 saturated heterocycles. The second-order valence-corrected chi connectivity index (χ2v) is 12.9. The molecule has 0 atom stereocenters. The van der Waals surface area contributed by atoms with E-state index in [1.807, 2.05) is 97.1 Å². The molecular formula is C45H29N5O. The Hall–Kier alpha value is -7.05. The summed E-state index contributed by atoms with van der Waals surface area (Å²) in [6.07, 6.45) is 4.18. The zero-order chi connectivity index (χ0) is 34.1. The third-order valence-electron chi connectivity index (χ3n) is 9.92. The molecule has 6 nitrogen and oxygen atoms in total. The maximum Gasteiger partial charge on any atom is 0.216 e. The number of carbonyl (C=O) groups is 1. The average Bonchev–Trinajstić information content (AvgIpc) is 4.00. The average molecular weight is 656 g/mol. The van der Waals surface area contributed by atoms with Crippen LogP contribution in [0.4, 0.5) is 5.69 Å². The van der Waals surface area contributed by atoms with Crippen molar-refractivity contribution in [3.05, 3.63) is 162 Å². The Morgan fingerprint density at radius 2 is 0.902 bits per heavy atom. The number of nitrogens with zero attached hydrogens (tertiary/aromatic N) is 2. The van der Waals surface area contributed by atoms with Gasteiger partial charge in [-0.2, -0.15) is 0 Å². The van der Waals surface area contributed by atoms with Crippen molar-refractivity contribution in [2.45, 2.75) is 0 Å². The highest BCUT2D eigenvalue weighted by Gasteiger charge is 2.30. The molecule has 0 unspecified atom stereocenters. The van der Waals surface area contributed by atoms with Crippen molar-refractivity contribution < 1.29 is 4.79 Å². The van der Waals surface area contributed by atoms with E-state index in [0.29, 0.717) is 28.0 Å². The number of nitrogens with two attached hydrogens (primary N) is 1. The lowest BCUT2D eigenvalue weighted by Crippen LogP contribution is -2.04. The molecule has 5 heterocycles. The first-order valence-corrected chi connectivity index (χ1v) is 16.9. The lowest BCUT2D eigenvalue weighted by atomic mass is 9.95. The van der Waals surface area contributed by atoms with Gasteiger partial charge in [0.2, 0.25) is 5.78 Å². The van der Waals surface area contributed by atoms with E-state index in [0.717, 1.165) is 77.4 Å². The first-order chi connectivity index (χ1) is 25.1. The Morgan fingerprint density at radius 3 is 1.47 bits per heavy atom. The van der Waals surface area contributed by atoms with E-state index >= 15 is 0 Å². The Kier molecular flexibility index (Phi) is 6.38. The number of hydrogen-bond donors (Lipinski definition) is 3. The van der Waals surface area contributed by atoms with Gasteiger partial charge in [0.05, 0.1) is 28.2 Å². The van der Waals surface area contributed by atoms with Crippen molar-refractivity contribution in [1.82, 2.24) is 19.9 Å². The Bertz CT molecular complexity index is 2920. The molecular weight excluding hydrogens is 627 g/mol. The molecule has 0 saturated carbocycles. The molecule has 51 heavy (non-hydrogen) atoms. The minimum atomic E-state index is -0.202. The second-order valence-electron chi connectivity index (χ2n) is 12.9. The zero-order valence-electron chi connectivity index (χ0n) is 27.3. The maximum absolute atomic E-state index is 14.8. The van der Waals surface area contributed by atoms with Crippen molar-refractivity contribution in [2.24, 2.45) is 0 Å². The molecule has 4 N–H and O–H groups in total. The molecule has 5 aromatic carbocycles. The van der Waals surface area contributed by atoms with Gasteiger partial charge >= 0.3 is 0 Å². The van der Waals surface area contributed by atoms with Crippen molar-refractivity contribution in [3.8, 4) is 33.4 Å². The third kappa shape index (κ3) is 4.47. The molecule has 240 valence electrons. The minimum Gasteiger partial charge on any atom is -0.398 e. The summed E-state index contributed by atoms with van der Waals surface area (Å²) in [4.78, 5) is 32.8. The maximum atomic E-state index is 14.8. The fourth-order valence-corrected chi connectivity index (χ4v) is 7.65. The Morgan fingerprint density at radius 1 is 0.451 bits per heavy atom. The number of anilines is 1. The van der Waals surface area contributed by atoms with Crippen molar-refractivity contribution in [1.29, 1.82) is 0 Å². The van der Waals surface area contributed by atoms with Crippen LogP contribution in [0.3, 0.4) is 0 Å². The van der Waals surface area contributed by atoms with Gasteiger partial charge in [-0.05, 0) is 58.5 Å². The summed E-state index contributed by atoms with van der Waals surface area (Å²) < 4.78 is 0. The monoisotopic (exact) mass is 655 g/mol. The summed E-state index contributed by atoms with van der Waals surface area (Å²) in [5.41, 5.74) is 19.3. The van der Waals surface area contributed by atoms with Gasteiger partial charge in [0, 0.05) is 49.5 Å². The third-order valence-corrected chi connectivity index (χ3v) is 9.92. The number of aromatic amines is 2. The van der Waals surface area contributed by atoms with Crippen LogP contribution in [0, 0.1) is 0 Å². The van der Waals surface area contributed by atoms with Crippen LogP contribution in [-0.4, -0.2) is 25.7 Å². The van der Waals surface area contributed by atoms with E-state index in [1.165, 1.54) is 0 Å². The number of benzene rings is 5. The molecule has 0 spiro atoms. The topological polar surface area (TPSA) is 100 Å². The number of carbonyl (C=O) groups excluding carboxylic acids is 1. The van der Waals surface area contributed by atoms with E-state index in [2.05, 4.69) is 64.6 Å². The number of aromatic nitrogens is 4. The molecule has 8 bridgehead atoms. The Labute approximate surface area is 292 Å². The van der Waals surface area contributed by atoms with Gasteiger partial charge in [0.25, 0.3) is 0 Å². The van der Waals surface area contributed by atoms with E-state index in [-0.39, 0.29) is 5.78 Å². The Balaban J connectivity index is 1.47. The molecule has 8 aromatic rings. The fraction of sp³-hybridized carbons (Fsp3) is 0. The van der Waals surface area contributed by atoms with Gasteiger partial charge < -0.3 is 15.7 Å². The van der Waals surface area contributed by atoms with E-state index < -0.39 is 0 Å². The molecule has 0 radical (unpaired) electrons. The second kappa shape index (κ2) is 11.3. The first-order valence-electron chi connectivity index (χ1n) is 16.9. The lowest BCUT2D eigenvalue weighted by Gasteiger charge is -2.09. The van der Waals surface area contributed by atoms with E-state index in [1.54, 1.807) is 0 Å². The summed E-state index contributed by atoms with van der Waals surface area (Å²) in [7, 11) is 0. The van der Waals surface area contributed by atoms with Crippen molar-refractivity contribution >= 4 is 67.4 Å². The number of nitrogen functional groups attached to an aromatic ring is 1. The van der Waals surface area contributed by atoms with Crippen LogP contribution >= 0.6 is 0 Å². The molecule has 3 aromatic heterocycles. The summed E-state index contributed by atoms with van der Waals surface area (Å²) >= 11 is 0. The van der Waals surface area contributed by atoms with Gasteiger partial charge in [-0.15, -0.1) is 0 Å². The van der Waals surface area contributed by atoms with Gasteiger partial charge in [0.1, 0.15) is 5.69 Å². The smallest absolute Gasteiger partial charge is 0.216 e. The van der Waals surface area contributed by atoms with Gasteiger partial charge in [-0.25, -0.2) is 9.97 Å². The molecule has 0 aliphatic carbocycles. The van der Waals surface area contributed by atoms with Crippen molar-refractivity contribution in [3.63, 3.8) is 0 Å². The van der Waals surface area contributed by atoms with Crippen LogP contribution < -0.4 is 5.73 Å². The normalized spacial score (nSPS) is 12.4. The van der Waals surface area contributed by atoms with Crippen molar-refractivity contribution in [2.75, 3.05) is 5.73 Å². The fourth-order valence-electron chi connectivity index (χ4n) is 7.65. The number of nitrogens with one attached hydrogen (secondary N) is 2.